The molecule has 0 spiro atoms. The highest BCUT2D eigenvalue weighted by molar-refractivity contribution is 7.98. The summed E-state index contributed by atoms with van der Waals surface area (Å²) in [5.41, 5.74) is 2.65. The van der Waals surface area contributed by atoms with Crippen molar-refractivity contribution < 1.29 is 9.53 Å². The van der Waals surface area contributed by atoms with Crippen LogP contribution in [0.5, 0.6) is 0 Å². The van der Waals surface area contributed by atoms with Crippen LogP contribution in [0, 0.1) is 0 Å². The average Bonchev–Trinajstić information content (AvgIpc) is 3.28. The highest BCUT2D eigenvalue weighted by Gasteiger charge is 2.22. The fraction of sp³-hybridized carbons (Fsp3) is 0.280. The Balaban J connectivity index is 1.49. The van der Waals surface area contributed by atoms with Crippen LogP contribution < -0.4 is 10.6 Å². The van der Waals surface area contributed by atoms with Gasteiger partial charge in [-0.15, -0.1) is 0 Å². The Kier molecular flexibility index (Phi) is 8.11. The quantitative estimate of drug-likeness (QED) is 0.194. The van der Waals surface area contributed by atoms with Crippen molar-refractivity contribution in [2.75, 3.05) is 38.4 Å². The second-order valence-corrected chi connectivity index (χ2v) is 8.40. The molecule has 34 heavy (non-hydrogen) atoms. The van der Waals surface area contributed by atoms with Crippen molar-refractivity contribution in [2.45, 2.75) is 17.6 Å². The van der Waals surface area contributed by atoms with Crippen LogP contribution in [0.15, 0.2) is 72.0 Å². The Bertz CT molecular complexity index is 1180. The Morgan fingerprint density at radius 2 is 1.71 bits per heavy atom. The lowest BCUT2D eigenvalue weighted by Crippen LogP contribution is -2.32. The van der Waals surface area contributed by atoms with E-state index in [2.05, 4.69) is 25.7 Å². The number of rotatable bonds is 11. The number of fused-ring (bicyclic) bond motifs is 1. The van der Waals surface area contributed by atoms with Gasteiger partial charge in [-0.25, -0.2) is 14.6 Å². The molecule has 2 aromatic heterocycles. The number of nitrogens with zero attached hydrogens (tertiary/aromatic N) is 4. The standard InChI is InChI=1S/C25H28N6O2S/c1-33-16-14-26-22-20-17-28-31(23(20)30-25(29-22)34-2)15-13-27-24(32)21(18-9-5-3-6-10-18)19-11-7-4-8-12-19/h3-12,17,21H,13-16H2,1-2H3,(H,27,32)(H,26,29,30). The zero-order valence-corrected chi connectivity index (χ0v) is 20.1. The molecule has 0 radical (unpaired) electrons. The number of carbonyl (C=O) groups is 1. The SMILES string of the molecule is COCCNc1nc(SC)nc2c1cnn2CCNC(=O)C(c1ccccc1)c1ccccc1. The summed E-state index contributed by atoms with van der Waals surface area (Å²) in [6.07, 6.45) is 3.70. The van der Waals surface area contributed by atoms with Gasteiger partial charge in [0.05, 0.1) is 30.7 Å². The smallest absolute Gasteiger partial charge is 0.232 e. The number of methoxy groups -OCH3 is 1. The van der Waals surface area contributed by atoms with E-state index in [1.54, 1.807) is 18.0 Å². The minimum atomic E-state index is -0.376. The van der Waals surface area contributed by atoms with Crippen molar-refractivity contribution in [2.24, 2.45) is 0 Å². The third-order valence-corrected chi connectivity index (χ3v) is 5.96. The molecule has 9 heteroatoms. The van der Waals surface area contributed by atoms with Crippen LogP contribution in [0.4, 0.5) is 5.82 Å². The van der Waals surface area contributed by atoms with Gasteiger partial charge in [-0.3, -0.25) is 4.79 Å². The summed E-state index contributed by atoms with van der Waals surface area (Å²) in [7, 11) is 1.66. The van der Waals surface area contributed by atoms with E-state index in [0.29, 0.717) is 31.4 Å². The molecule has 0 aliphatic heterocycles. The first kappa shape index (κ1) is 23.7. The first-order chi connectivity index (χ1) is 16.7. The number of amides is 1. The largest absolute Gasteiger partial charge is 0.383 e. The van der Waals surface area contributed by atoms with Crippen molar-refractivity contribution in [3.8, 4) is 0 Å². The fourth-order valence-electron chi connectivity index (χ4n) is 3.77. The molecular formula is C25H28N6O2S. The number of thioether (sulfide) groups is 1. The van der Waals surface area contributed by atoms with Gasteiger partial charge in [-0.2, -0.15) is 5.10 Å². The van der Waals surface area contributed by atoms with Crippen molar-refractivity contribution in [3.05, 3.63) is 78.0 Å². The summed E-state index contributed by atoms with van der Waals surface area (Å²) in [4.78, 5) is 22.5. The number of ether oxygens (including phenoxy) is 1. The van der Waals surface area contributed by atoms with Gasteiger partial charge < -0.3 is 15.4 Å². The second kappa shape index (κ2) is 11.6. The van der Waals surface area contributed by atoms with E-state index in [0.717, 1.165) is 28.0 Å². The molecule has 0 atom stereocenters. The molecule has 1 amide bonds. The molecule has 0 aliphatic carbocycles. The van der Waals surface area contributed by atoms with E-state index < -0.39 is 0 Å². The van der Waals surface area contributed by atoms with Crippen molar-refractivity contribution in [1.82, 2.24) is 25.1 Å². The third kappa shape index (κ3) is 5.55. The minimum Gasteiger partial charge on any atom is -0.383 e. The maximum absolute atomic E-state index is 13.2. The van der Waals surface area contributed by atoms with E-state index in [-0.39, 0.29) is 11.8 Å². The maximum atomic E-state index is 13.2. The van der Waals surface area contributed by atoms with Crippen molar-refractivity contribution in [1.29, 1.82) is 0 Å². The number of hydrogen-bond donors (Lipinski definition) is 2. The molecule has 8 nitrogen and oxygen atoms in total. The molecule has 0 saturated heterocycles. The highest BCUT2D eigenvalue weighted by atomic mass is 32.2. The number of aromatic nitrogens is 4. The molecule has 4 rings (SSSR count). The predicted molar refractivity (Wildman–Crippen MR) is 135 cm³/mol. The Hall–Kier alpha value is -3.43. The highest BCUT2D eigenvalue weighted by Crippen LogP contribution is 2.25. The van der Waals surface area contributed by atoms with Crippen LogP contribution in [-0.4, -0.2) is 58.7 Å². The lowest BCUT2D eigenvalue weighted by Gasteiger charge is -2.18. The summed E-state index contributed by atoms with van der Waals surface area (Å²) in [6.45, 7) is 2.13. The molecule has 0 unspecified atom stereocenters. The van der Waals surface area contributed by atoms with Crippen LogP contribution in [0.2, 0.25) is 0 Å². The molecule has 0 bridgehead atoms. The third-order valence-electron chi connectivity index (χ3n) is 5.41. The van der Waals surface area contributed by atoms with Gasteiger partial charge in [0.2, 0.25) is 5.91 Å². The number of anilines is 1. The normalized spacial score (nSPS) is 11.1. The topological polar surface area (TPSA) is 94.0 Å². The van der Waals surface area contributed by atoms with Crippen molar-refractivity contribution >= 4 is 34.5 Å². The summed E-state index contributed by atoms with van der Waals surface area (Å²) >= 11 is 1.47. The van der Waals surface area contributed by atoms with Gasteiger partial charge >= 0.3 is 0 Å². The molecule has 4 aromatic rings. The van der Waals surface area contributed by atoms with Gasteiger partial charge in [0.25, 0.3) is 0 Å². The van der Waals surface area contributed by atoms with Crippen molar-refractivity contribution in [3.63, 3.8) is 0 Å². The monoisotopic (exact) mass is 476 g/mol. The predicted octanol–water partition coefficient (Wildman–Crippen LogP) is 3.55. The van der Waals surface area contributed by atoms with Crippen LogP contribution >= 0.6 is 11.8 Å². The molecule has 176 valence electrons. The average molecular weight is 477 g/mol. The van der Waals surface area contributed by atoms with Gasteiger partial charge in [0, 0.05) is 20.2 Å². The number of hydrogen-bond acceptors (Lipinski definition) is 7. The molecule has 2 aromatic carbocycles. The van der Waals surface area contributed by atoms with Crippen LogP contribution in [0.25, 0.3) is 11.0 Å². The molecule has 0 fully saturated rings. The van der Waals surface area contributed by atoms with Gasteiger partial charge in [0.15, 0.2) is 10.8 Å². The molecule has 2 N–H and O–H groups in total. The Morgan fingerprint density at radius 1 is 1.03 bits per heavy atom. The summed E-state index contributed by atoms with van der Waals surface area (Å²) in [5, 5.41) is 12.4. The minimum absolute atomic E-state index is 0.0461. The first-order valence-electron chi connectivity index (χ1n) is 11.1. The van der Waals surface area contributed by atoms with Crippen LogP contribution in [0.3, 0.4) is 0 Å². The summed E-state index contributed by atoms with van der Waals surface area (Å²) in [5.74, 6) is 0.309. The maximum Gasteiger partial charge on any atom is 0.232 e. The summed E-state index contributed by atoms with van der Waals surface area (Å²) < 4.78 is 6.93. The van der Waals surface area contributed by atoms with Crippen LogP contribution in [0.1, 0.15) is 17.0 Å². The molecule has 0 aliphatic rings. The number of nitrogens with one attached hydrogen (secondary N) is 2. The first-order valence-corrected chi connectivity index (χ1v) is 12.3. The van der Waals surface area contributed by atoms with Gasteiger partial charge in [-0.1, -0.05) is 72.4 Å². The van der Waals surface area contributed by atoms with Crippen LogP contribution in [-0.2, 0) is 16.1 Å². The lowest BCUT2D eigenvalue weighted by molar-refractivity contribution is -0.121. The zero-order chi connectivity index (χ0) is 23.8. The van der Waals surface area contributed by atoms with Gasteiger partial charge in [-0.05, 0) is 17.4 Å². The van der Waals surface area contributed by atoms with E-state index in [1.165, 1.54) is 11.8 Å². The number of carbonyl (C=O) groups excluding carboxylic acids is 1. The Labute approximate surface area is 203 Å². The molecular weight excluding hydrogens is 448 g/mol. The number of benzene rings is 2. The van der Waals surface area contributed by atoms with Gasteiger partial charge in [0.1, 0.15) is 5.82 Å². The summed E-state index contributed by atoms with van der Waals surface area (Å²) in [6, 6.07) is 19.7. The lowest BCUT2D eigenvalue weighted by atomic mass is 9.90. The second-order valence-electron chi connectivity index (χ2n) is 7.63. The van der Waals surface area contributed by atoms with E-state index in [9.17, 15) is 4.79 Å². The van der Waals surface area contributed by atoms with E-state index >= 15 is 0 Å². The van der Waals surface area contributed by atoms with E-state index in [1.807, 2.05) is 66.9 Å². The molecule has 0 saturated carbocycles. The zero-order valence-electron chi connectivity index (χ0n) is 19.3. The molecule has 2 heterocycles. The Morgan fingerprint density at radius 3 is 2.32 bits per heavy atom. The fourth-order valence-corrected chi connectivity index (χ4v) is 4.13. The van der Waals surface area contributed by atoms with E-state index in [4.69, 9.17) is 4.74 Å².